The first-order valence-electron chi connectivity index (χ1n) is 5.52. The topological polar surface area (TPSA) is 34.1 Å². The SMILES string of the molecule is CC1CCCC(C(=O)C=O)(C(C)C)C1. The number of carbonyl (C=O) groups excluding carboxylic acids is 2. The van der Waals surface area contributed by atoms with Crippen LogP contribution in [0.2, 0.25) is 0 Å². The van der Waals surface area contributed by atoms with Crippen LogP contribution in [0.15, 0.2) is 0 Å². The second-order valence-corrected chi connectivity index (χ2v) is 4.99. The fraction of sp³-hybridized carbons (Fsp3) is 0.833. The van der Waals surface area contributed by atoms with Crippen LogP contribution in [-0.4, -0.2) is 12.1 Å². The van der Waals surface area contributed by atoms with Gasteiger partial charge < -0.3 is 0 Å². The van der Waals surface area contributed by atoms with Gasteiger partial charge in [-0.25, -0.2) is 0 Å². The van der Waals surface area contributed by atoms with E-state index in [4.69, 9.17) is 0 Å². The van der Waals surface area contributed by atoms with Gasteiger partial charge in [0, 0.05) is 5.41 Å². The molecule has 0 bridgehead atoms. The third kappa shape index (κ3) is 1.89. The molecule has 2 nitrogen and oxygen atoms in total. The summed E-state index contributed by atoms with van der Waals surface area (Å²) in [7, 11) is 0. The van der Waals surface area contributed by atoms with Crippen molar-refractivity contribution in [3.8, 4) is 0 Å². The second-order valence-electron chi connectivity index (χ2n) is 4.99. The summed E-state index contributed by atoms with van der Waals surface area (Å²) in [6.45, 7) is 6.28. The number of hydrogen-bond acceptors (Lipinski definition) is 2. The second kappa shape index (κ2) is 4.24. The fourth-order valence-corrected chi connectivity index (χ4v) is 2.74. The summed E-state index contributed by atoms with van der Waals surface area (Å²) in [5, 5.41) is 0. The van der Waals surface area contributed by atoms with E-state index in [1.807, 2.05) is 0 Å². The van der Waals surface area contributed by atoms with E-state index in [0.717, 1.165) is 19.3 Å². The Morgan fingerprint density at radius 1 is 1.50 bits per heavy atom. The predicted molar refractivity (Wildman–Crippen MR) is 56.0 cm³/mol. The number of carbonyl (C=O) groups is 2. The van der Waals surface area contributed by atoms with Crippen LogP contribution < -0.4 is 0 Å². The molecule has 1 rings (SSSR count). The van der Waals surface area contributed by atoms with Crippen LogP contribution in [0, 0.1) is 17.3 Å². The first-order valence-corrected chi connectivity index (χ1v) is 5.52. The van der Waals surface area contributed by atoms with Gasteiger partial charge in [0.05, 0.1) is 0 Å². The molecule has 80 valence electrons. The van der Waals surface area contributed by atoms with Crippen molar-refractivity contribution in [3.63, 3.8) is 0 Å². The molecule has 0 aromatic rings. The van der Waals surface area contributed by atoms with E-state index < -0.39 is 0 Å². The normalized spacial score (nSPS) is 33.0. The molecule has 2 heteroatoms. The molecule has 2 unspecified atom stereocenters. The molecule has 1 aliphatic rings. The predicted octanol–water partition coefficient (Wildman–Crippen LogP) is 2.61. The van der Waals surface area contributed by atoms with E-state index in [1.54, 1.807) is 0 Å². The van der Waals surface area contributed by atoms with E-state index in [9.17, 15) is 9.59 Å². The van der Waals surface area contributed by atoms with Crippen molar-refractivity contribution >= 4 is 12.1 Å². The molecular formula is C12H20O2. The highest BCUT2D eigenvalue weighted by atomic mass is 16.2. The van der Waals surface area contributed by atoms with E-state index in [2.05, 4.69) is 20.8 Å². The first kappa shape index (κ1) is 11.4. The quantitative estimate of drug-likeness (QED) is 0.513. The van der Waals surface area contributed by atoms with Crippen molar-refractivity contribution in [1.82, 2.24) is 0 Å². The standard InChI is InChI=1S/C12H20O2/c1-9(2)12(11(14)8-13)6-4-5-10(3)7-12/h8-10H,4-7H2,1-3H3. The first-order chi connectivity index (χ1) is 6.53. The van der Waals surface area contributed by atoms with E-state index in [0.29, 0.717) is 12.2 Å². The van der Waals surface area contributed by atoms with Gasteiger partial charge in [-0.2, -0.15) is 0 Å². The minimum Gasteiger partial charge on any atom is -0.295 e. The molecule has 14 heavy (non-hydrogen) atoms. The summed E-state index contributed by atoms with van der Waals surface area (Å²) in [5.74, 6) is 0.678. The minimum atomic E-state index is -0.348. The maximum atomic E-state index is 11.7. The molecule has 0 aromatic carbocycles. The third-order valence-electron chi connectivity index (χ3n) is 3.74. The van der Waals surface area contributed by atoms with Gasteiger partial charge in [-0.1, -0.05) is 33.6 Å². The van der Waals surface area contributed by atoms with Crippen molar-refractivity contribution in [2.45, 2.75) is 46.5 Å². The highest BCUT2D eigenvalue weighted by Crippen LogP contribution is 2.45. The third-order valence-corrected chi connectivity index (χ3v) is 3.74. The Hall–Kier alpha value is -0.660. The lowest BCUT2D eigenvalue weighted by molar-refractivity contribution is -0.141. The molecule has 1 fully saturated rings. The zero-order chi connectivity index (χ0) is 10.8. The summed E-state index contributed by atoms with van der Waals surface area (Å²) in [6, 6.07) is 0. The Morgan fingerprint density at radius 3 is 2.57 bits per heavy atom. The smallest absolute Gasteiger partial charge is 0.201 e. The maximum Gasteiger partial charge on any atom is 0.201 e. The van der Waals surface area contributed by atoms with Crippen molar-refractivity contribution in [2.75, 3.05) is 0 Å². The monoisotopic (exact) mass is 196 g/mol. The Bertz CT molecular complexity index is 232. The van der Waals surface area contributed by atoms with E-state index in [1.165, 1.54) is 6.42 Å². The molecular weight excluding hydrogens is 176 g/mol. The molecule has 0 saturated heterocycles. The lowest BCUT2D eigenvalue weighted by Gasteiger charge is -2.40. The average Bonchev–Trinajstić information content (AvgIpc) is 2.16. The van der Waals surface area contributed by atoms with Crippen LogP contribution >= 0.6 is 0 Å². The highest BCUT2D eigenvalue weighted by Gasteiger charge is 2.43. The fourth-order valence-electron chi connectivity index (χ4n) is 2.74. The lowest BCUT2D eigenvalue weighted by atomic mass is 9.62. The number of Topliss-reactive ketones (excluding diaryl/α,β-unsaturated/α-hetero) is 1. The summed E-state index contributed by atoms with van der Waals surface area (Å²) in [6.07, 6.45) is 4.59. The molecule has 0 aromatic heterocycles. The molecule has 0 aliphatic heterocycles. The Balaban J connectivity index is 2.91. The van der Waals surface area contributed by atoms with Crippen molar-refractivity contribution in [1.29, 1.82) is 0 Å². The molecule has 1 saturated carbocycles. The minimum absolute atomic E-state index is 0.181. The van der Waals surface area contributed by atoms with Crippen molar-refractivity contribution in [2.24, 2.45) is 17.3 Å². The van der Waals surface area contributed by atoms with Crippen LogP contribution in [0.3, 0.4) is 0 Å². The summed E-state index contributed by atoms with van der Waals surface area (Å²) in [4.78, 5) is 22.4. The van der Waals surface area contributed by atoms with Crippen molar-refractivity contribution < 1.29 is 9.59 Å². The molecule has 0 amide bonds. The van der Waals surface area contributed by atoms with Gasteiger partial charge >= 0.3 is 0 Å². The van der Waals surface area contributed by atoms with Crippen LogP contribution in [0.1, 0.15) is 46.5 Å². The Labute approximate surface area is 86.1 Å². The van der Waals surface area contributed by atoms with Gasteiger partial charge in [0.1, 0.15) is 0 Å². The van der Waals surface area contributed by atoms with Gasteiger partial charge in [0.15, 0.2) is 6.29 Å². The molecule has 0 N–H and O–H groups in total. The summed E-state index contributed by atoms with van der Waals surface area (Å²) >= 11 is 0. The zero-order valence-electron chi connectivity index (χ0n) is 9.38. The molecule has 0 heterocycles. The van der Waals surface area contributed by atoms with Gasteiger partial charge in [0.25, 0.3) is 0 Å². The summed E-state index contributed by atoms with van der Waals surface area (Å²) in [5.41, 5.74) is -0.348. The van der Waals surface area contributed by atoms with Gasteiger partial charge in [-0.15, -0.1) is 0 Å². The van der Waals surface area contributed by atoms with Gasteiger partial charge in [0.2, 0.25) is 5.78 Å². The maximum absolute atomic E-state index is 11.7. The largest absolute Gasteiger partial charge is 0.295 e. The van der Waals surface area contributed by atoms with Crippen LogP contribution in [-0.2, 0) is 9.59 Å². The zero-order valence-corrected chi connectivity index (χ0v) is 9.38. The van der Waals surface area contributed by atoms with Gasteiger partial charge in [-0.3, -0.25) is 9.59 Å². The van der Waals surface area contributed by atoms with Crippen LogP contribution in [0.4, 0.5) is 0 Å². The summed E-state index contributed by atoms with van der Waals surface area (Å²) < 4.78 is 0. The van der Waals surface area contributed by atoms with E-state index >= 15 is 0 Å². The number of hydrogen-bond donors (Lipinski definition) is 0. The lowest BCUT2D eigenvalue weighted by Crippen LogP contribution is -2.41. The Morgan fingerprint density at radius 2 is 2.14 bits per heavy atom. The Kier molecular flexibility index (Phi) is 3.46. The van der Waals surface area contributed by atoms with Gasteiger partial charge in [-0.05, 0) is 24.7 Å². The van der Waals surface area contributed by atoms with Crippen LogP contribution in [0.25, 0.3) is 0 Å². The van der Waals surface area contributed by atoms with Crippen molar-refractivity contribution in [3.05, 3.63) is 0 Å². The average molecular weight is 196 g/mol. The molecule has 0 radical (unpaired) electrons. The number of rotatable bonds is 3. The number of ketones is 1. The van der Waals surface area contributed by atoms with Crippen LogP contribution in [0.5, 0.6) is 0 Å². The highest BCUT2D eigenvalue weighted by molar-refractivity contribution is 6.27. The molecule has 0 spiro atoms. The molecule has 2 atom stereocenters. The van der Waals surface area contributed by atoms with E-state index in [-0.39, 0.29) is 17.1 Å². The molecule has 1 aliphatic carbocycles. The number of aldehydes is 1.